The van der Waals surface area contributed by atoms with Gasteiger partial charge >= 0.3 is 0 Å². The van der Waals surface area contributed by atoms with Crippen LogP contribution in [0.1, 0.15) is 13.3 Å². The molecule has 1 amide bonds. The highest BCUT2D eigenvalue weighted by atomic mass is 32.2. The van der Waals surface area contributed by atoms with E-state index in [2.05, 4.69) is 10.0 Å². The highest BCUT2D eigenvalue weighted by Crippen LogP contribution is 2.14. The van der Waals surface area contributed by atoms with Crippen LogP contribution >= 0.6 is 0 Å². The zero-order chi connectivity index (χ0) is 15.9. The second-order valence-corrected chi connectivity index (χ2v) is 6.14. The lowest BCUT2D eigenvalue weighted by molar-refractivity contribution is -0.118. The summed E-state index contributed by atoms with van der Waals surface area (Å²) in [7, 11) is -1.99. The summed E-state index contributed by atoms with van der Waals surface area (Å²) >= 11 is 0. The molecule has 4 N–H and O–H groups in total. The van der Waals surface area contributed by atoms with Gasteiger partial charge in [-0.3, -0.25) is 4.79 Å². The van der Waals surface area contributed by atoms with Crippen LogP contribution in [0.15, 0.2) is 29.2 Å². The van der Waals surface area contributed by atoms with Gasteiger partial charge in [0.1, 0.15) is 0 Å². The van der Waals surface area contributed by atoms with Gasteiger partial charge in [0, 0.05) is 25.9 Å². The number of nitrogens with one attached hydrogen (secondary N) is 2. The zero-order valence-corrected chi connectivity index (χ0v) is 12.9. The summed E-state index contributed by atoms with van der Waals surface area (Å²) in [5.74, 6) is -0.241. The van der Waals surface area contributed by atoms with Crippen LogP contribution in [0, 0.1) is 0 Å². The summed E-state index contributed by atoms with van der Waals surface area (Å²) in [5, 5.41) is 2.66. The van der Waals surface area contributed by atoms with Gasteiger partial charge in [-0.2, -0.15) is 0 Å². The van der Waals surface area contributed by atoms with Crippen molar-refractivity contribution in [3.05, 3.63) is 24.3 Å². The lowest BCUT2D eigenvalue weighted by Crippen LogP contribution is -2.28. The maximum Gasteiger partial charge on any atom is 0.240 e. The number of rotatable bonds is 8. The van der Waals surface area contributed by atoms with Crippen molar-refractivity contribution in [1.82, 2.24) is 4.72 Å². The van der Waals surface area contributed by atoms with Crippen molar-refractivity contribution in [2.45, 2.75) is 24.3 Å². The molecule has 1 unspecified atom stereocenters. The van der Waals surface area contributed by atoms with E-state index in [0.29, 0.717) is 12.2 Å². The number of nitrogens with two attached hydrogens (primary N) is 1. The Bertz CT molecular complexity index is 553. The zero-order valence-electron chi connectivity index (χ0n) is 12.1. The third-order valence-electron chi connectivity index (χ3n) is 2.79. The second kappa shape index (κ2) is 8.08. The minimum Gasteiger partial charge on any atom is -0.380 e. The van der Waals surface area contributed by atoms with Gasteiger partial charge in [0.2, 0.25) is 15.9 Å². The highest BCUT2D eigenvalue weighted by Gasteiger charge is 2.14. The molecule has 21 heavy (non-hydrogen) atoms. The number of methoxy groups -OCH3 is 1. The average molecular weight is 315 g/mol. The molecule has 1 atom stereocenters. The number of hydrogen-bond acceptors (Lipinski definition) is 5. The summed E-state index contributed by atoms with van der Waals surface area (Å²) in [4.78, 5) is 11.9. The number of hydrogen-bond donors (Lipinski definition) is 3. The van der Waals surface area contributed by atoms with Crippen molar-refractivity contribution in [2.75, 3.05) is 25.5 Å². The Morgan fingerprint density at radius 3 is 2.43 bits per heavy atom. The molecular formula is C13H21N3O4S. The number of carbonyl (C=O) groups is 1. The fraction of sp³-hybridized carbons (Fsp3) is 0.462. The van der Waals surface area contributed by atoms with E-state index in [1.54, 1.807) is 6.92 Å². The van der Waals surface area contributed by atoms with Crippen LogP contribution in [-0.4, -0.2) is 40.6 Å². The second-order valence-electron chi connectivity index (χ2n) is 4.37. The molecule has 8 heteroatoms. The van der Waals surface area contributed by atoms with E-state index in [0.717, 1.165) is 0 Å². The van der Waals surface area contributed by atoms with Crippen molar-refractivity contribution in [3.8, 4) is 0 Å². The smallest absolute Gasteiger partial charge is 0.240 e. The fourth-order valence-electron chi connectivity index (χ4n) is 1.67. The van der Waals surface area contributed by atoms with E-state index >= 15 is 0 Å². The average Bonchev–Trinajstić information content (AvgIpc) is 2.45. The molecule has 1 aromatic rings. The first-order chi connectivity index (χ1) is 9.92. The first-order valence-corrected chi connectivity index (χ1v) is 8.03. The predicted molar refractivity (Wildman–Crippen MR) is 80.4 cm³/mol. The Hall–Kier alpha value is -1.48. The first-order valence-electron chi connectivity index (χ1n) is 6.55. The highest BCUT2D eigenvalue weighted by molar-refractivity contribution is 7.89. The number of sulfonamides is 1. The quantitative estimate of drug-likeness (QED) is 0.638. The molecule has 0 spiro atoms. The van der Waals surface area contributed by atoms with E-state index in [1.807, 2.05) is 0 Å². The largest absolute Gasteiger partial charge is 0.380 e. The monoisotopic (exact) mass is 315 g/mol. The standard InChI is InChI=1S/C13H21N3O4S/c1-3-15-21(18,19)12-6-4-10(5-7-12)16-13(17)8-11(9-14)20-2/h4-7,11,15H,3,8-9,14H2,1-2H3,(H,16,17). The molecule has 118 valence electrons. The van der Waals surface area contributed by atoms with Crippen LogP contribution in [0.5, 0.6) is 0 Å². The maximum atomic E-state index is 11.8. The van der Waals surface area contributed by atoms with Gasteiger partial charge in [-0.15, -0.1) is 0 Å². The molecule has 1 rings (SSSR count). The van der Waals surface area contributed by atoms with Gasteiger partial charge in [0.15, 0.2) is 0 Å². The Labute approximate surface area is 124 Å². The minimum absolute atomic E-state index is 0.143. The third kappa shape index (κ3) is 5.43. The molecule has 7 nitrogen and oxygen atoms in total. The Morgan fingerprint density at radius 2 is 1.95 bits per heavy atom. The summed E-state index contributed by atoms with van der Waals surface area (Å²) < 4.78 is 30.9. The van der Waals surface area contributed by atoms with E-state index in [4.69, 9.17) is 10.5 Å². The van der Waals surface area contributed by atoms with Crippen molar-refractivity contribution < 1.29 is 17.9 Å². The van der Waals surface area contributed by atoms with Crippen LogP contribution < -0.4 is 15.8 Å². The number of benzene rings is 1. The number of ether oxygens (including phenoxy) is 1. The Kier molecular flexibility index (Phi) is 6.76. The van der Waals surface area contributed by atoms with Crippen molar-refractivity contribution in [2.24, 2.45) is 5.73 Å². The summed E-state index contributed by atoms with van der Waals surface area (Å²) in [5.41, 5.74) is 5.96. The molecule has 0 aromatic heterocycles. The van der Waals surface area contributed by atoms with Gasteiger partial charge in [-0.1, -0.05) is 6.92 Å². The molecule has 0 heterocycles. The van der Waals surface area contributed by atoms with Crippen molar-refractivity contribution in [3.63, 3.8) is 0 Å². The maximum absolute atomic E-state index is 11.8. The van der Waals surface area contributed by atoms with Gasteiger partial charge < -0.3 is 15.8 Å². The first kappa shape index (κ1) is 17.6. The van der Waals surface area contributed by atoms with E-state index in [-0.39, 0.29) is 29.9 Å². The molecule has 0 bridgehead atoms. The molecule has 0 fully saturated rings. The summed E-state index contributed by atoms with van der Waals surface area (Å²) in [6.07, 6.45) is -0.192. The van der Waals surface area contributed by atoms with Crippen LogP contribution in [-0.2, 0) is 19.6 Å². The molecule has 0 aliphatic carbocycles. The van der Waals surface area contributed by atoms with E-state index in [1.165, 1.54) is 31.4 Å². The van der Waals surface area contributed by atoms with Crippen LogP contribution in [0.2, 0.25) is 0 Å². The molecule has 0 aliphatic heterocycles. The molecular weight excluding hydrogens is 294 g/mol. The lowest BCUT2D eigenvalue weighted by atomic mass is 10.2. The fourth-order valence-corrected chi connectivity index (χ4v) is 2.71. The van der Waals surface area contributed by atoms with Crippen LogP contribution in [0.25, 0.3) is 0 Å². The Balaban J connectivity index is 2.69. The number of amides is 1. The van der Waals surface area contributed by atoms with Gasteiger partial charge in [0.25, 0.3) is 0 Å². The molecule has 1 aromatic carbocycles. The van der Waals surface area contributed by atoms with Crippen LogP contribution in [0.4, 0.5) is 5.69 Å². The van der Waals surface area contributed by atoms with E-state index in [9.17, 15) is 13.2 Å². The van der Waals surface area contributed by atoms with Gasteiger partial charge in [-0.05, 0) is 24.3 Å². The van der Waals surface area contributed by atoms with Crippen molar-refractivity contribution in [1.29, 1.82) is 0 Å². The Morgan fingerprint density at radius 1 is 1.33 bits per heavy atom. The topological polar surface area (TPSA) is 111 Å². The normalized spacial score (nSPS) is 12.9. The number of anilines is 1. The summed E-state index contributed by atoms with van der Waals surface area (Å²) in [6, 6.07) is 5.94. The minimum atomic E-state index is -3.48. The van der Waals surface area contributed by atoms with Crippen LogP contribution in [0.3, 0.4) is 0 Å². The predicted octanol–water partition coefficient (Wildman–Crippen LogP) is 0.287. The van der Waals surface area contributed by atoms with Crippen molar-refractivity contribution >= 4 is 21.6 Å². The molecule has 0 saturated heterocycles. The van der Waals surface area contributed by atoms with Gasteiger partial charge in [-0.25, -0.2) is 13.1 Å². The lowest BCUT2D eigenvalue weighted by Gasteiger charge is -2.12. The number of carbonyl (C=O) groups excluding carboxylic acids is 1. The molecule has 0 saturated carbocycles. The summed E-state index contributed by atoms with van der Waals surface area (Å²) in [6.45, 7) is 2.28. The molecule has 0 aliphatic rings. The van der Waals surface area contributed by atoms with E-state index < -0.39 is 10.0 Å². The molecule has 0 radical (unpaired) electrons. The van der Waals surface area contributed by atoms with Gasteiger partial charge in [0.05, 0.1) is 17.4 Å². The SMILES string of the molecule is CCNS(=O)(=O)c1ccc(NC(=O)CC(CN)OC)cc1. The third-order valence-corrected chi connectivity index (χ3v) is 4.35.